The molecule has 20 heavy (non-hydrogen) atoms. The molecule has 0 aliphatic carbocycles. The second kappa shape index (κ2) is 5.50. The number of hydrogen-bond donors (Lipinski definition) is 1. The zero-order chi connectivity index (χ0) is 14.1. The molecule has 1 unspecified atom stereocenters. The molecular weight excluding hydrogens is 288 g/mol. The molecule has 1 atom stereocenters. The number of likely N-dealkylation sites (tertiary alicyclic amines) is 1. The summed E-state index contributed by atoms with van der Waals surface area (Å²) < 4.78 is 1.14. The van der Waals surface area contributed by atoms with Crippen LogP contribution in [0.1, 0.15) is 29.6 Å². The van der Waals surface area contributed by atoms with Crippen LogP contribution in [0.15, 0.2) is 29.6 Å². The van der Waals surface area contributed by atoms with E-state index in [2.05, 4.69) is 0 Å². The van der Waals surface area contributed by atoms with Crippen LogP contribution in [-0.4, -0.2) is 28.4 Å². The standard InChI is InChI=1S/C15H16N2OS2/c16-14(19)12-6-3-4-8-17(12)15(18)11-9-20-13-7-2-1-5-10(11)13/h1-2,5,7,9,12H,3-4,6,8H2,(H2,16,19). The van der Waals surface area contributed by atoms with Gasteiger partial charge in [-0.1, -0.05) is 30.4 Å². The zero-order valence-corrected chi connectivity index (χ0v) is 12.7. The van der Waals surface area contributed by atoms with Gasteiger partial charge in [-0.3, -0.25) is 4.79 Å². The van der Waals surface area contributed by atoms with Crippen molar-refractivity contribution in [3.05, 3.63) is 35.2 Å². The number of piperidine rings is 1. The van der Waals surface area contributed by atoms with Crippen LogP contribution in [0, 0.1) is 0 Å². The Morgan fingerprint density at radius 1 is 1.35 bits per heavy atom. The van der Waals surface area contributed by atoms with E-state index in [-0.39, 0.29) is 11.9 Å². The number of amides is 1. The zero-order valence-electron chi connectivity index (χ0n) is 11.0. The number of carbonyl (C=O) groups is 1. The molecule has 1 aliphatic rings. The molecule has 0 saturated carbocycles. The minimum absolute atomic E-state index is 0.0555. The molecule has 0 bridgehead atoms. The van der Waals surface area contributed by atoms with Gasteiger partial charge in [-0.05, 0) is 25.3 Å². The number of carbonyl (C=O) groups excluding carboxylic acids is 1. The van der Waals surface area contributed by atoms with Crippen LogP contribution in [0.3, 0.4) is 0 Å². The van der Waals surface area contributed by atoms with E-state index in [0.717, 1.165) is 41.5 Å². The lowest BCUT2D eigenvalue weighted by Gasteiger charge is -2.35. The van der Waals surface area contributed by atoms with E-state index in [0.29, 0.717) is 4.99 Å². The lowest BCUT2D eigenvalue weighted by molar-refractivity contribution is 0.0684. The molecule has 2 N–H and O–H groups in total. The Bertz CT molecular complexity index is 665. The summed E-state index contributed by atoms with van der Waals surface area (Å²) in [5.41, 5.74) is 6.57. The highest BCUT2D eigenvalue weighted by molar-refractivity contribution is 7.80. The van der Waals surface area contributed by atoms with Crippen LogP contribution in [0.5, 0.6) is 0 Å². The van der Waals surface area contributed by atoms with Gasteiger partial charge in [0.05, 0.1) is 16.6 Å². The van der Waals surface area contributed by atoms with E-state index in [1.807, 2.05) is 34.5 Å². The van der Waals surface area contributed by atoms with Gasteiger partial charge in [0.15, 0.2) is 0 Å². The van der Waals surface area contributed by atoms with Crippen molar-refractivity contribution in [2.45, 2.75) is 25.3 Å². The predicted molar refractivity (Wildman–Crippen MR) is 87.3 cm³/mol. The summed E-state index contributed by atoms with van der Waals surface area (Å²) in [7, 11) is 0. The first-order valence-corrected chi connectivity index (χ1v) is 8.04. The van der Waals surface area contributed by atoms with E-state index in [4.69, 9.17) is 18.0 Å². The van der Waals surface area contributed by atoms with Gasteiger partial charge in [-0.15, -0.1) is 11.3 Å². The summed E-state index contributed by atoms with van der Waals surface area (Å²) in [5, 5.41) is 2.97. The monoisotopic (exact) mass is 304 g/mol. The number of thiocarbonyl (C=S) groups is 1. The normalized spacial score (nSPS) is 19.2. The summed E-state index contributed by atoms with van der Waals surface area (Å²) in [6.45, 7) is 0.741. The van der Waals surface area contributed by atoms with E-state index in [1.165, 1.54) is 0 Å². The van der Waals surface area contributed by atoms with Crippen molar-refractivity contribution in [1.82, 2.24) is 4.90 Å². The van der Waals surface area contributed by atoms with E-state index in [9.17, 15) is 4.79 Å². The van der Waals surface area contributed by atoms with Gasteiger partial charge in [0, 0.05) is 22.0 Å². The average Bonchev–Trinajstić information content (AvgIpc) is 2.90. The second-order valence-electron chi connectivity index (χ2n) is 5.06. The van der Waals surface area contributed by atoms with E-state index >= 15 is 0 Å². The van der Waals surface area contributed by atoms with Crippen LogP contribution in [-0.2, 0) is 0 Å². The molecule has 1 saturated heterocycles. The Hall–Kier alpha value is -1.46. The summed E-state index contributed by atoms with van der Waals surface area (Å²) in [4.78, 5) is 15.1. The molecule has 0 spiro atoms. The number of benzene rings is 1. The molecule has 1 aromatic heterocycles. The third kappa shape index (κ3) is 2.31. The van der Waals surface area contributed by atoms with Gasteiger partial charge in [-0.2, -0.15) is 0 Å². The van der Waals surface area contributed by atoms with Crippen LogP contribution in [0.2, 0.25) is 0 Å². The molecule has 104 valence electrons. The fraction of sp³-hybridized carbons (Fsp3) is 0.333. The summed E-state index contributed by atoms with van der Waals surface area (Å²) >= 11 is 6.73. The molecule has 2 heterocycles. The second-order valence-corrected chi connectivity index (χ2v) is 6.44. The van der Waals surface area contributed by atoms with E-state index in [1.54, 1.807) is 11.3 Å². The first-order chi connectivity index (χ1) is 9.68. The summed E-state index contributed by atoms with van der Waals surface area (Å²) in [6, 6.07) is 7.90. The largest absolute Gasteiger partial charge is 0.392 e. The van der Waals surface area contributed by atoms with Crippen LogP contribution >= 0.6 is 23.6 Å². The Labute approximate surface area is 127 Å². The fourth-order valence-corrected chi connectivity index (χ4v) is 3.95. The first-order valence-electron chi connectivity index (χ1n) is 6.75. The SMILES string of the molecule is NC(=S)C1CCCCN1C(=O)c1csc2ccccc12. The highest BCUT2D eigenvalue weighted by atomic mass is 32.1. The molecule has 1 aliphatic heterocycles. The van der Waals surface area contributed by atoms with Crippen molar-refractivity contribution in [1.29, 1.82) is 0 Å². The van der Waals surface area contributed by atoms with Gasteiger partial charge < -0.3 is 10.6 Å². The van der Waals surface area contributed by atoms with Crippen molar-refractivity contribution in [3.63, 3.8) is 0 Å². The molecule has 3 nitrogen and oxygen atoms in total. The Morgan fingerprint density at radius 2 is 2.15 bits per heavy atom. The van der Waals surface area contributed by atoms with Crippen molar-refractivity contribution in [3.8, 4) is 0 Å². The van der Waals surface area contributed by atoms with Gasteiger partial charge in [-0.25, -0.2) is 0 Å². The van der Waals surface area contributed by atoms with Crippen molar-refractivity contribution in [2.24, 2.45) is 5.73 Å². The van der Waals surface area contributed by atoms with Gasteiger partial charge in [0.2, 0.25) is 0 Å². The maximum Gasteiger partial charge on any atom is 0.255 e. The van der Waals surface area contributed by atoms with Crippen LogP contribution in [0.25, 0.3) is 10.1 Å². The van der Waals surface area contributed by atoms with Crippen LogP contribution in [0.4, 0.5) is 0 Å². The summed E-state index contributed by atoms with van der Waals surface area (Å²) in [6.07, 6.45) is 2.98. The lowest BCUT2D eigenvalue weighted by atomic mass is 10.0. The predicted octanol–water partition coefficient (Wildman–Crippen LogP) is 3.18. The molecule has 0 radical (unpaired) electrons. The molecule has 1 aromatic carbocycles. The quantitative estimate of drug-likeness (QED) is 0.867. The molecule has 5 heteroatoms. The number of nitrogens with two attached hydrogens (primary N) is 1. The van der Waals surface area contributed by atoms with Gasteiger partial charge in [0.1, 0.15) is 0 Å². The van der Waals surface area contributed by atoms with Crippen molar-refractivity contribution >= 4 is 44.5 Å². The maximum absolute atomic E-state index is 12.8. The number of rotatable bonds is 2. The molecule has 1 fully saturated rings. The number of fused-ring (bicyclic) bond motifs is 1. The topological polar surface area (TPSA) is 46.3 Å². The Kier molecular flexibility index (Phi) is 3.72. The Balaban J connectivity index is 1.96. The van der Waals surface area contributed by atoms with Gasteiger partial charge in [0.25, 0.3) is 5.91 Å². The maximum atomic E-state index is 12.8. The minimum atomic E-state index is -0.0927. The number of nitrogens with zero attached hydrogens (tertiary/aromatic N) is 1. The molecule has 1 amide bonds. The summed E-state index contributed by atoms with van der Waals surface area (Å²) in [5.74, 6) is 0.0555. The first kappa shape index (κ1) is 13.5. The molecule has 2 aromatic rings. The van der Waals surface area contributed by atoms with E-state index < -0.39 is 0 Å². The van der Waals surface area contributed by atoms with Gasteiger partial charge >= 0.3 is 0 Å². The highest BCUT2D eigenvalue weighted by Crippen LogP contribution is 2.28. The molecular formula is C15H16N2OS2. The molecule has 3 rings (SSSR count). The third-order valence-electron chi connectivity index (χ3n) is 3.80. The average molecular weight is 304 g/mol. The highest BCUT2D eigenvalue weighted by Gasteiger charge is 2.30. The minimum Gasteiger partial charge on any atom is -0.392 e. The smallest absolute Gasteiger partial charge is 0.255 e. The van der Waals surface area contributed by atoms with Crippen LogP contribution < -0.4 is 5.73 Å². The fourth-order valence-electron chi connectivity index (χ4n) is 2.77. The lowest BCUT2D eigenvalue weighted by Crippen LogP contribution is -2.49. The third-order valence-corrected chi connectivity index (χ3v) is 5.04. The Morgan fingerprint density at radius 3 is 2.95 bits per heavy atom. The number of hydrogen-bond acceptors (Lipinski definition) is 3. The number of thiophene rings is 1. The van der Waals surface area contributed by atoms with Crippen molar-refractivity contribution < 1.29 is 4.79 Å². The van der Waals surface area contributed by atoms with Crippen molar-refractivity contribution in [2.75, 3.05) is 6.54 Å².